The summed E-state index contributed by atoms with van der Waals surface area (Å²) in [5, 5.41) is 14.0. The van der Waals surface area contributed by atoms with E-state index >= 15 is 0 Å². The van der Waals surface area contributed by atoms with Crippen molar-refractivity contribution < 1.29 is 13.9 Å². The Hall–Kier alpha value is -3.55. The minimum absolute atomic E-state index is 0.253. The number of rotatable bonds is 8. The number of hydrogen-bond donors (Lipinski definition) is 2. The average molecular weight is 381 g/mol. The first-order valence-electron chi connectivity index (χ1n) is 8.87. The second-order valence-corrected chi connectivity index (χ2v) is 5.86. The molecule has 0 aliphatic heterocycles. The van der Waals surface area contributed by atoms with Gasteiger partial charge in [0.2, 0.25) is 5.95 Å². The zero-order valence-electron chi connectivity index (χ0n) is 15.4. The number of anilines is 3. The smallest absolute Gasteiger partial charge is 0.340 e. The van der Waals surface area contributed by atoms with Crippen LogP contribution in [0.15, 0.2) is 54.7 Å². The molecule has 0 spiro atoms. The zero-order chi connectivity index (χ0) is 19.8. The number of carbonyl (C=O) groups is 1. The monoisotopic (exact) mass is 381 g/mol. The number of nitrogens with zero attached hydrogens (tertiary/aromatic N) is 3. The van der Waals surface area contributed by atoms with Crippen molar-refractivity contribution in [3.63, 3.8) is 0 Å². The molecule has 0 aliphatic rings. The number of para-hydroxylation sites is 1. The van der Waals surface area contributed by atoms with Crippen LogP contribution in [0.1, 0.15) is 22.8 Å². The second kappa shape index (κ2) is 9.40. The number of ether oxygens (including phenoxy) is 1. The third kappa shape index (κ3) is 5.23. The molecule has 1 aromatic heterocycles. The summed E-state index contributed by atoms with van der Waals surface area (Å²) < 4.78 is 18.0. The van der Waals surface area contributed by atoms with Crippen LogP contribution in [0.5, 0.6) is 0 Å². The van der Waals surface area contributed by atoms with Gasteiger partial charge in [0, 0.05) is 6.54 Å². The molecule has 0 saturated carbocycles. The molecular formula is C20H20FN5O2. The number of carbonyl (C=O) groups excluding carboxylic acids is 1. The molecule has 144 valence electrons. The van der Waals surface area contributed by atoms with Gasteiger partial charge in [-0.1, -0.05) is 24.3 Å². The third-order valence-corrected chi connectivity index (χ3v) is 3.86. The van der Waals surface area contributed by atoms with Crippen molar-refractivity contribution in [2.45, 2.75) is 13.3 Å². The first-order chi connectivity index (χ1) is 13.7. The van der Waals surface area contributed by atoms with E-state index in [0.29, 0.717) is 36.6 Å². The van der Waals surface area contributed by atoms with Gasteiger partial charge in [-0.15, -0.1) is 5.10 Å². The number of halogens is 1. The largest absolute Gasteiger partial charge is 0.462 e. The first-order valence-corrected chi connectivity index (χ1v) is 8.87. The van der Waals surface area contributed by atoms with Crippen LogP contribution >= 0.6 is 0 Å². The van der Waals surface area contributed by atoms with Crippen molar-refractivity contribution >= 4 is 23.4 Å². The van der Waals surface area contributed by atoms with Crippen molar-refractivity contribution in [2.24, 2.45) is 0 Å². The van der Waals surface area contributed by atoms with E-state index in [1.165, 1.54) is 18.3 Å². The predicted octanol–water partition coefficient (Wildman–Crippen LogP) is 3.59. The van der Waals surface area contributed by atoms with Crippen LogP contribution in [0.2, 0.25) is 0 Å². The molecule has 0 amide bonds. The number of nitrogens with one attached hydrogen (secondary N) is 2. The van der Waals surface area contributed by atoms with Gasteiger partial charge in [0.05, 0.1) is 24.1 Å². The molecular weight excluding hydrogens is 361 g/mol. The van der Waals surface area contributed by atoms with E-state index in [1.807, 2.05) is 0 Å². The Morgan fingerprint density at radius 2 is 1.93 bits per heavy atom. The highest BCUT2D eigenvalue weighted by molar-refractivity contribution is 5.96. The van der Waals surface area contributed by atoms with E-state index in [0.717, 1.165) is 5.56 Å². The fourth-order valence-corrected chi connectivity index (χ4v) is 2.53. The van der Waals surface area contributed by atoms with Gasteiger partial charge in [-0.25, -0.2) is 9.18 Å². The van der Waals surface area contributed by atoms with E-state index in [1.54, 1.807) is 43.3 Å². The van der Waals surface area contributed by atoms with Gasteiger partial charge in [-0.3, -0.25) is 0 Å². The van der Waals surface area contributed by atoms with Crippen molar-refractivity contribution in [1.82, 2.24) is 15.2 Å². The highest BCUT2D eigenvalue weighted by Gasteiger charge is 2.13. The van der Waals surface area contributed by atoms with Gasteiger partial charge in [0.25, 0.3) is 0 Å². The minimum Gasteiger partial charge on any atom is -0.462 e. The van der Waals surface area contributed by atoms with Crippen LogP contribution in [-0.4, -0.2) is 34.3 Å². The molecule has 2 N–H and O–H groups in total. The Bertz CT molecular complexity index is 934. The van der Waals surface area contributed by atoms with Crippen molar-refractivity contribution in [3.8, 4) is 0 Å². The number of hydrogen-bond acceptors (Lipinski definition) is 7. The molecule has 7 nitrogen and oxygen atoms in total. The second-order valence-electron chi connectivity index (χ2n) is 5.86. The summed E-state index contributed by atoms with van der Waals surface area (Å²) in [5.41, 5.74) is 1.94. The molecule has 3 rings (SSSR count). The van der Waals surface area contributed by atoms with E-state index in [4.69, 9.17) is 4.74 Å². The van der Waals surface area contributed by atoms with Crippen LogP contribution in [0, 0.1) is 5.82 Å². The summed E-state index contributed by atoms with van der Waals surface area (Å²) in [4.78, 5) is 16.4. The fourth-order valence-electron chi connectivity index (χ4n) is 2.53. The Kier molecular flexibility index (Phi) is 6.46. The number of benzene rings is 2. The summed E-state index contributed by atoms with van der Waals surface area (Å²) in [5.74, 6) is 0.111. The van der Waals surface area contributed by atoms with Crippen molar-refractivity contribution in [2.75, 3.05) is 23.8 Å². The third-order valence-electron chi connectivity index (χ3n) is 3.86. The summed E-state index contributed by atoms with van der Waals surface area (Å²) in [6, 6.07) is 13.3. The lowest BCUT2D eigenvalue weighted by atomic mass is 10.1. The van der Waals surface area contributed by atoms with Gasteiger partial charge < -0.3 is 15.4 Å². The molecule has 3 aromatic rings. The van der Waals surface area contributed by atoms with Gasteiger partial charge in [-0.2, -0.15) is 10.1 Å². The molecule has 0 saturated heterocycles. The van der Waals surface area contributed by atoms with E-state index in [-0.39, 0.29) is 11.8 Å². The van der Waals surface area contributed by atoms with Gasteiger partial charge in [0.15, 0.2) is 5.82 Å². The maximum atomic E-state index is 12.9. The number of esters is 1. The molecule has 0 unspecified atom stereocenters. The highest BCUT2D eigenvalue weighted by Crippen LogP contribution is 2.20. The Labute approximate surface area is 162 Å². The summed E-state index contributed by atoms with van der Waals surface area (Å²) in [7, 11) is 0. The first kappa shape index (κ1) is 19.2. The molecule has 0 bridgehead atoms. The van der Waals surface area contributed by atoms with Crippen LogP contribution < -0.4 is 10.6 Å². The average Bonchev–Trinajstić information content (AvgIpc) is 2.70. The zero-order valence-corrected chi connectivity index (χ0v) is 15.4. The van der Waals surface area contributed by atoms with Crippen LogP contribution in [0.4, 0.5) is 21.8 Å². The molecule has 0 aliphatic carbocycles. The maximum absolute atomic E-state index is 12.9. The van der Waals surface area contributed by atoms with E-state index < -0.39 is 5.97 Å². The van der Waals surface area contributed by atoms with Gasteiger partial charge in [-0.05, 0) is 43.2 Å². The lowest BCUT2D eigenvalue weighted by Gasteiger charge is -2.11. The van der Waals surface area contributed by atoms with Crippen LogP contribution in [0.3, 0.4) is 0 Å². The molecule has 0 atom stereocenters. The lowest BCUT2D eigenvalue weighted by molar-refractivity contribution is 0.0527. The van der Waals surface area contributed by atoms with Crippen LogP contribution in [-0.2, 0) is 11.2 Å². The maximum Gasteiger partial charge on any atom is 0.340 e. The topological polar surface area (TPSA) is 89.0 Å². The normalized spacial score (nSPS) is 10.4. The minimum atomic E-state index is -0.424. The molecule has 0 radical (unpaired) electrons. The van der Waals surface area contributed by atoms with Crippen molar-refractivity contribution in [3.05, 3.63) is 71.7 Å². The molecule has 8 heteroatoms. The Morgan fingerprint density at radius 3 is 2.71 bits per heavy atom. The summed E-state index contributed by atoms with van der Waals surface area (Å²) >= 11 is 0. The molecule has 0 fully saturated rings. The summed E-state index contributed by atoms with van der Waals surface area (Å²) in [6.45, 7) is 2.64. The quantitative estimate of drug-likeness (QED) is 0.577. The van der Waals surface area contributed by atoms with Crippen molar-refractivity contribution in [1.29, 1.82) is 0 Å². The van der Waals surface area contributed by atoms with E-state index in [2.05, 4.69) is 25.8 Å². The SMILES string of the molecule is CCOC(=O)c1ccccc1Nc1nncc(NCCc2ccc(F)cc2)n1. The summed E-state index contributed by atoms with van der Waals surface area (Å²) in [6.07, 6.45) is 2.21. The lowest BCUT2D eigenvalue weighted by Crippen LogP contribution is -2.11. The Morgan fingerprint density at radius 1 is 1.14 bits per heavy atom. The molecule has 28 heavy (non-hydrogen) atoms. The predicted molar refractivity (Wildman–Crippen MR) is 104 cm³/mol. The molecule has 2 aromatic carbocycles. The van der Waals surface area contributed by atoms with Crippen LogP contribution in [0.25, 0.3) is 0 Å². The van der Waals surface area contributed by atoms with E-state index in [9.17, 15) is 9.18 Å². The highest BCUT2D eigenvalue weighted by atomic mass is 19.1. The standard InChI is InChI=1S/C20H20FN5O2/c1-2-28-19(27)16-5-3-4-6-17(16)24-20-25-18(13-23-26-20)22-12-11-14-7-9-15(21)10-8-14/h3-10,13H,2,11-12H2,1H3,(H2,22,24,25,26). The Balaban J connectivity index is 1.64. The number of aromatic nitrogens is 3. The van der Waals surface area contributed by atoms with Gasteiger partial charge >= 0.3 is 5.97 Å². The fraction of sp³-hybridized carbons (Fsp3) is 0.200. The molecule has 1 heterocycles. The van der Waals surface area contributed by atoms with Gasteiger partial charge in [0.1, 0.15) is 5.82 Å².